The van der Waals surface area contributed by atoms with E-state index in [1.54, 1.807) is 0 Å². The van der Waals surface area contributed by atoms with E-state index in [-0.39, 0.29) is 5.69 Å². The fourth-order valence-electron chi connectivity index (χ4n) is 10.1. The molecule has 310 valence electrons. The maximum Gasteiger partial charge on any atom is 0.415 e. The maximum atomic E-state index is 14.0. The number of furan rings is 2. The van der Waals surface area contributed by atoms with E-state index in [2.05, 4.69) is 67.4 Å². The fourth-order valence-corrected chi connectivity index (χ4v) is 10.1. The lowest BCUT2D eigenvalue weighted by atomic mass is 9.95. The minimum Gasteiger partial charge on any atom is -0.455 e. The summed E-state index contributed by atoms with van der Waals surface area (Å²) in [5.74, 6) is 0. The summed E-state index contributed by atoms with van der Waals surface area (Å²) in [6.07, 6.45) is -4.62. The highest BCUT2D eigenvalue weighted by Gasteiger charge is 2.31. The molecule has 0 N–H and O–H groups in total. The molecule has 0 aliphatic heterocycles. The first-order valence-electron chi connectivity index (χ1n) is 21.2. The minimum atomic E-state index is -4.62. The Morgan fingerprint density at radius 2 is 0.970 bits per heavy atom. The van der Waals surface area contributed by atoms with Crippen molar-refractivity contribution in [1.29, 1.82) is 0 Å². The largest absolute Gasteiger partial charge is 0.455 e. The van der Waals surface area contributed by atoms with Crippen LogP contribution >= 0.6 is 0 Å². The molecule has 9 heteroatoms. The molecular formula is C57H29F3N4O2. The van der Waals surface area contributed by atoms with Crippen LogP contribution in [0.1, 0.15) is 5.56 Å². The van der Waals surface area contributed by atoms with Crippen molar-refractivity contribution in [3.63, 3.8) is 0 Å². The molecule has 0 fully saturated rings. The number of hydrogen-bond donors (Lipinski definition) is 0. The van der Waals surface area contributed by atoms with Gasteiger partial charge < -0.3 is 18.0 Å². The quantitative estimate of drug-likeness (QED) is 0.166. The van der Waals surface area contributed by atoms with E-state index in [0.717, 1.165) is 116 Å². The van der Waals surface area contributed by atoms with Crippen LogP contribution in [-0.2, 0) is 6.18 Å². The molecule has 13 aromatic rings. The topological polar surface area (TPSA) is 44.9 Å². The molecule has 0 amide bonds. The van der Waals surface area contributed by atoms with Crippen LogP contribution in [0.3, 0.4) is 0 Å². The van der Waals surface area contributed by atoms with Crippen LogP contribution in [0, 0.1) is 13.1 Å². The zero-order valence-electron chi connectivity index (χ0n) is 34.5. The highest BCUT2D eigenvalue weighted by Crippen LogP contribution is 2.48. The SMILES string of the molecule is [C-]#[N+]c1ccc(-n2c3ccccc3c3c4oc5ccccc5c4ccc32)c(-c2ccc(-c3ccc(C(F)(F)F)cc3[N+]#[C-])cc2-n2c3ccccc3c3c4oc5ccccc5c4ccc32)c1. The minimum absolute atomic E-state index is 0.118. The van der Waals surface area contributed by atoms with Gasteiger partial charge in [0.15, 0.2) is 11.4 Å². The lowest BCUT2D eigenvalue weighted by Gasteiger charge is -2.20. The highest BCUT2D eigenvalue weighted by atomic mass is 19.4. The zero-order chi connectivity index (χ0) is 44.4. The molecule has 4 aromatic heterocycles. The van der Waals surface area contributed by atoms with Crippen molar-refractivity contribution in [1.82, 2.24) is 9.13 Å². The lowest BCUT2D eigenvalue weighted by Crippen LogP contribution is -2.04. The summed E-state index contributed by atoms with van der Waals surface area (Å²) in [6.45, 7) is 16.2. The van der Waals surface area contributed by atoms with Gasteiger partial charge in [-0.15, -0.1) is 0 Å². The Morgan fingerprint density at radius 3 is 1.55 bits per heavy atom. The second-order valence-corrected chi connectivity index (χ2v) is 16.5. The average Bonchev–Trinajstić information content (AvgIpc) is 4.11. The smallest absolute Gasteiger partial charge is 0.415 e. The summed E-state index contributed by atoms with van der Waals surface area (Å²) >= 11 is 0. The maximum absolute atomic E-state index is 14.0. The van der Waals surface area contributed by atoms with Gasteiger partial charge in [0.05, 0.1) is 57.4 Å². The van der Waals surface area contributed by atoms with Gasteiger partial charge >= 0.3 is 6.18 Å². The number of aromatic nitrogens is 2. The van der Waals surface area contributed by atoms with Crippen LogP contribution in [0.4, 0.5) is 24.5 Å². The van der Waals surface area contributed by atoms with Gasteiger partial charge in [-0.1, -0.05) is 103 Å². The third kappa shape index (κ3) is 5.29. The van der Waals surface area contributed by atoms with Crippen LogP contribution < -0.4 is 0 Å². The predicted octanol–water partition coefficient (Wildman–Crippen LogP) is 17.1. The molecule has 4 heterocycles. The van der Waals surface area contributed by atoms with Gasteiger partial charge in [0.1, 0.15) is 22.3 Å². The van der Waals surface area contributed by atoms with E-state index in [9.17, 15) is 13.2 Å². The molecule has 13 rings (SSSR count). The summed E-state index contributed by atoms with van der Waals surface area (Å²) in [5.41, 5.74) is 9.93. The number of hydrogen-bond acceptors (Lipinski definition) is 2. The number of nitrogens with zero attached hydrogens (tertiary/aromatic N) is 4. The third-order valence-electron chi connectivity index (χ3n) is 13.0. The molecule has 0 bridgehead atoms. The normalized spacial score (nSPS) is 12.1. The van der Waals surface area contributed by atoms with Crippen molar-refractivity contribution in [2.45, 2.75) is 6.18 Å². The second-order valence-electron chi connectivity index (χ2n) is 16.5. The Labute approximate surface area is 372 Å². The first-order valence-corrected chi connectivity index (χ1v) is 21.2. The van der Waals surface area contributed by atoms with Crippen LogP contribution in [0.2, 0.25) is 0 Å². The summed E-state index contributed by atoms with van der Waals surface area (Å²) in [6, 6.07) is 55.4. The van der Waals surface area contributed by atoms with Gasteiger partial charge in [0, 0.05) is 43.4 Å². The van der Waals surface area contributed by atoms with Crippen molar-refractivity contribution < 1.29 is 22.0 Å². The number of rotatable bonds is 4. The molecule has 0 unspecified atom stereocenters. The molecule has 66 heavy (non-hydrogen) atoms. The zero-order valence-corrected chi connectivity index (χ0v) is 34.5. The standard InChI is InChI=1S/C57H29F3N4O2/c1-61-34-21-26-47(63-45-15-7-3-13-41(45)53-48(63)27-24-39-37-11-5-9-17-51(37)65-55(39)53)43(31-34)36-22-19-32(35-23-20-33(57(58,59)60)30-44(35)62-2)29-50(36)64-46-16-8-4-14-42(46)54-49(64)28-25-40-38-12-6-10-18-52(38)66-56(40)54/h3-31H. The first kappa shape index (κ1) is 37.5. The number of para-hydroxylation sites is 4. The fraction of sp³-hybridized carbons (Fsp3) is 0.0175. The number of benzene rings is 9. The van der Waals surface area contributed by atoms with Gasteiger partial charge in [0.25, 0.3) is 0 Å². The van der Waals surface area contributed by atoms with Crippen molar-refractivity contribution in [2.24, 2.45) is 0 Å². The Kier molecular flexibility index (Phi) is 7.80. The van der Waals surface area contributed by atoms with Crippen LogP contribution in [0.25, 0.3) is 131 Å². The Morgan fingerprint density at radius 1 is 0.424 bits per heavy atom. The Balaban J connectivity index is 1.15. The third-order valence-corrected chi connectivity index (χ3v) is 13.0. The van der Waals surface area contributed by atoms with Gasteiger partial charge in [-0.25, -0.2) is 9.69 Å². The van der Waals surface area contributed by atoms with E-state index in [1.807, 2.05) is 109 Å². The highest BCUT2D eigenvalue weighted by molar-refractivity contribution is 6.25. The van der Waals surface area contributed by atoms with E-state index in [4.69, 9.17) is 22.0 Å². The Bertz CT molecular complexity index is 4320. The first-order chi connectivity index (χ1) is 32.3. The molecule has 0 aliphatic carbocycles. The van der Waals surface area contributed by atoms with Gasteiger partial charge in [-0.2, -0.15) is 13.2 Å². The van der Waals surface area contributed by atoms with E-state index in [1.165, 1.54) is 6.07 Å². The molecule has 0 saturated heterocycles. The summed E-state index contributed by atoms with van der Waals surface area (Å²) < 4.78 is 59.7. The van der Waals surface area contributed by atoms with Gasteiger partial charge in [-0.3, -0.25) is 0 Å². The van der Waals surface area contributed by atoms with Crippen molar-refractivity contribution in [3.05, 3.63) is 204 Å². The lowest BCUT2D eigenvalue weighted by molar-refractivity contribution is -0.137. The van der Waals surface area contributed by atoms with Crippen LogP contribution in [0.5, 0.6) is 0 Å². The summed E-state index contributed by atoms with van der Waals surface area (Å²) in [5, 5.41) is 7.80. The second kappa shape index (κ2) is 13.7. The molecule has 0 aliphatic rings. The molecule has 0 spiro atoms. The molecule has 0 atom stereocenters. The number of halogens is 3. The average molecular weight is 859 g/mol. The summed E-state index contributed by atoms with van der Waals surface area (Å²) in [7, 11) is 0. The van der Waals surface area contributed by atoms with Gasteiger partial charge in [-0.05, 0) is 89.5 Å². The monoisotopic (exact) mass is 858 g/mol. The van der Waals surface area contributed by atoms with E-state index < -0.39 is 11.7 Å². The Hall–Kier alpha value is -9.05. The van der Waals surface area contributed by atoms with Crippen molar-refractivity contribution in [2.75, 3.05) is 0 Å². The van der Waals surface area contributed by atoms with Gasteiger partial charge in [0.2, 0.25) is 0 Å². The van der Waals surface area contributed by atoms with Crippen LogP contribution in [-0.4, -0.2) is 9.13 Å². The van der Waals surface area contributed by atoms with Crippen molar-refractivity contribution >= 4 is 98.9 Å². The predicted molar refractivity (Wildman–Crippen MR) is 258 cm³/mol. The van der Waals surface area contributed by atoms with Crippen molar-refractivity contribution in [3.8, 4) is 33.6 Å². The molecule has 0 saturated carbocycles. The van der Waals surface area contributed by atoms with E-state index in [0.29, 0.717) is 22.5 Å². The molecular weight excluding hydrogens is 830 g/mol. The molecule has 0 radical (unpaired) electrons. The summed E-state index contributed by atoms with van der Waals surface area (Å²) in [4.78, 5) is 7.51. The number of alkyl halides is 3. The number of fused-ring (bicyclic) bond motifs is 14. The molecule has 6 nitrogen and oxygen atoms in total. The molecule has 9 aromatic carbocycles. The van der Waals surface area contributed by atoms with E-state index >= 15 is 0 Å². The van der Waals surface area contributed by atoms with Crippen LogP contribution in [0.15, 0.2) is 185 Å².